The van der Waals surface area contributed by atoms with Crippen LogP contribution in [0, 0.1) is 5.92 Å². The topological polar surface area (TPSA) is 12.9 Å². The second-order valence-electron chi connectivity index (χ2n) is 4.83. The lowest BCUT2D eigenvalue weighted by atomic mass is 9.81. The van der Waals surface area contributed by atoms with Crippen molar-refractivity contribution in [2.45, 2.75) is 39.5 Å². The summed E-state index contributed by atoms with van der Waals surface area (Å²) in [7, 11) is 0. The number of nitrogens with zero attached hydrogens (tertiary/aromatic N) is 1. The summed E-state index contributed by atoms with van der Waals surface area (Å²) in [6, 6.07) is 6.12. The van der Waals surface area contributed by atoms with Crippen LogP contribution in [0.2, 0.25) is 0 Å². The number of hydrogen-bond acceptors (Lipinski definition) is 1. The zero-order valence-electron chi connectivity index (χ0n) is 9.34. The van der Waals surface area contributed by atoms with Crippen LogP contribution in [0.1, 0.15) is 39.8 Å². The Morgan fingerprint density at radius 3 is 2.50 bits per heavy atom. The van der Waals surface area contributed by atoms with Gasteiger partial charge in [0.05, 0.1) is 0 Å². The Labute approximate surface area is 95.1 Å². The molecule has 2 heteroatoms. The minimum atomic E-state index is 0.165. The number of aromatic nitrogens is 1. The Morgan fingerprint density at radius 1 is 1.36 bits per heavy atom. The van der Waals surface area contributed by atoms with E-state index >= 15 is 0 Å². The molecule has 1 nitrogen and oxygen atoms in total. The third kappa shape index (κ3) is 3.09. The molecule has 1 aromatic rings. The summed E-state index contributed by atoms with van der Waals surface area (Å²) in [5.74, 6) is 0.700. The van der Waals surface area contributed by atoms with Gasteiger partial charge in [-0.05, 0) is 40.4 Å². The minimum absolute atomic E-state index is 0.165. The third-order valence-corrected chi connectivity index (χ3v) is 2.77. The van der Waals surface area contributed by atoms with Gasteiger partial charge in [0.25, 0.3) is 0 Å². The largest absolute Gasteiger partial charge is 0.245 e. The number of halogens is 1. The summed E-state index contributed by atoms with van der Waals surface area (Å²) in [5.41, 5.74) is 1.33. The van der Waals surface area contributed by atoms with Crippen molar-refractivity contribution in [2.24, 2.45) is 5.92 Å². The second kappa shape index (κ2) is 4.43. The first kappa shape index (κ1) is 11.7. The Morgan fingerprint density at radius 2 is 2.00 bits per heavy atom. The van der Waals surface area contributed by atoms with Crippen LogP contribution in [-0.4, -0.2) is 4.98 Å². The van der Waals surface area contributed by atoms with Crippen molar-refractivity contribution in [3.63, 3.8) is 0 Å². The van der Waals surface area contributed by atoms with Gasteiger partial charge in [-0.2, -0.15) is 0 Å². The first-order chi connectivity index (χ1) is 6.42. The molecule has 0 radical (unpaired) electrons. The van der Waals surface area contributed by atoms with E-state index in [1.54, 1.807) is 0 Å². The zero-order valence-corrected chi connectivity index (χ0v) is 10.9. The van der Waals surface area contributed by atoms with E-state index in [1.807, 2.05) is 6.07 Å². The van der Waals surface area contributed by atoms with Gasteiger partial charge in [0.1, 0.15) is 4.60 Å². The van der Waals surface area contributed by atoms with Gasteiger partial charge in [-0.3, -0.25) is 0 Å². The van der Waals surface area contributed by atoms with E-state index in [0.29, 0.717) is 5.92 Å². The SMILES string of the molecule is CC(C)CC(C)(C)c1cccc(Br)n1. The molecule has 14 heavy (non-hydrogen) atoms. The smallest absolute Gasteiger partial charge is 0.106 e. The predicted molar refractivity (Wildman–Crippen MR) is 64.4 cm³/mol. The molecule has 0 fully saturated rings. The highest BCUT2D eigenvalue weighted by Crippen LogP contribution is 2.29. The lowest BCUT2D eigenvalue weighted by Crippen LogP contribution is -2.21. The van der Waals surface area contributed by atoms with Crippen molar-refractivity contribution in [3.8, 4) is 0 Å². The monoisotopic (exact) mass is 255 g/mol. The maximum Gasteiger partial charge on any atom is 0.106 e. The van der Waals surface area contributed by atoms with Crippen molar-refractivity contribution in [3.05, 3.63) is 28.5 Å². The molecule has 0 aliphatic heterocycles. The Balaban J connectivity index is 2.91. The maximum atomic E-state index is 4.51. The van der Waals surface area contributed by atoms with Gasteiger partial charge >= 0.3 is 0 Å². The van der Waals surface area contributed by atoms with E-state index < -0.39 is 0 Å². The van der Waals surface area contributed by atoms with Crippen LogP contribution in [0.15, 0.2) is 22.8 Å². The van der Waals surface area contributed by atoms with Gasteiger partial charge in [0, 0.05) is 11.1 Å². The van der Waals surface area contributed by atoms with Crippen molar-refractivity contribution >= 4 is 15.9 Å². The molecule has 0 amide bonds. The molecule has 0 saturated heterocycles. The Bertz CT molecular complexity index is 305. The molecular formula is C12H18BrN. The van der Waals surface area contributed by atoms with Crippen LogP contribution >= 0.6 is 15.9 Å². The number of rotatable bonds is 3. The van der Waals surface area contributed by atoms with Gasteiger partial charge in [-0.1, -0.05) is 33.8 Å². The van der Waals surface area contributed by atoms with Gasteiger partial charge in [0.15, 0.2) is 0 Å². The van der Waals surface area contributed by atoms with Crippen molar-refractivity contribution < 1.29 is 0 Å². The van der Waals surface area contributed by atoms with Crippen LogP contribution in [0.5, 0.6) is 0 Å². The molecule has 0 bridgehead atoms. The highest BCUT2D eigenvalue weighted by Gasteiger charge is 2.23. The summed E-state index contributed by atoms with van der Waals surface area (Å²) < 4.78 is 0.923. The second-order valence-corrected chi connectivity index (χ2v) is 5.64. The van der Waals surface area contributed by atoms with Crippen LogP contribution in [0.25, 0.3) is 0 Å². The molecule has 0 spiro atoms. The zero-order chi connectivity index (χ0) is 10.8. The number of hydrogen-bond donors (Lipinski definition) is 0. The van der Waals surface area contributed by atoms with Gasteiger partial charge in [-0.15, -0.1) is 0 Å². The lowest BCUT2D eigenvalue weighted by Gasteiger charge is -2.26. The molecule has 0 atom stereocenters. The summed E-state index contributed by atoms with van der Waals surface area (Å²) in [6.07, 6.45) is 1.16. The molecular weight excluding hydrogens is 238 g/mol. The normalized spacial score (nSPS) is 12.1. The fourth-order valence-corrected chi connectivity index (χ4v) is 2.25. The van der Waals surface area contributed by atoms with E-state index in [9.17, 15) is 0 Å². The molecule has 0 N–H and O–H groups in total. The maximum absolute atomic E-state index is 4.51. The summed E-state index contributed by atoms with van der Waals surface area (Å²) in [6.45, 7) is 9.00. The van der Waals surface area contributed by atoms with Crippen LogP contribution < -0.4 is 0 Å². The standard InChI is InChI=1S/C12H18BrN/c1-9(2)8-12(3,4)10-6-5-7-11(13)14-10/h5-7,9H,8H2,1-4H3. The predicted octanol–water partition coefficient (Wildman–Crippen LogP) is 4.17. The third-order valence-electron chi connectivity index (χ3n) is 2.33. The molecule has 0 unspecified atom stereocenters. The minimum Gasteiger partial charge on any atom is -0.245 e. The van der Waals surface area contributed by atoms with Crippen molar-refractivity contribution in [1.29, 1.82) is 0 Å². The summed E-state index contributed by atoms with van der Waals surface area (Å²) in [5, 5.41) is 0. The van der Waals surface area contributed by atoms with E-state index in [1.165, 1.54) is 5.69 Å². The average molecular weight is 256 g/mol. The van der Waals surface area contributed by atoms with Gasteiger partial charge in [0.2, 0.25) is 0 Å². The van der Waals surface area contributed by atoms with Gasteiger partial charge in [-0.25, -0.2) is 4.98 Å². The van der Waals surface area contributed by atoms with Gasteiger partial charge < -0.3 is 0 Å². The van der Waals surface area contributed by atoms with Crippen LogP contribution in [0.3, 0.4) is 0 Å². The molecule has 1 rings (SSSR count). The number of pyridine rings is 1. The molecule has 1 heterocycles. The fourth-order valence-electron chi connectivity index (χ4n) is 1.91. The molecule has 0 aliphatic carbocycles. The first-order valence-electron chi connectivity index (χ1n) is 5.05. The van der Waals surface area contributed by atoms with E-state index in [4.69, 9.17) is 0 Å². The van der Waals surface area contributed by atoms with E-state index in [2.05, 4.69) is 60.7 Å². The average Bonchev–Trinajstić information content (AvgIpc) is 2.01. The molecule has 0 aromatic carbocycles. The highest BCUT2D eigenvalue weighted by atomic mass is 79.9. The molecule has 1 aromatic heterocycles. The quantitative estimate of drug-likeness (QED) is 0.740. The highest BCUT2D eigenvalue weighted by molar-refractivity contribution is 9.10. The molecule has 78 valence electrons. The lowest BCUT2D eigenvalue weighted by molar-refractivity contribution is 0.390. The molecule has 0 aliphatic rings. The van der Waals surface area contributed by atoms with E-state index in [0.717, 1.165) is 11.0 Å². The van der Waals surface area contributed by atoms with E-state index in [-0.39, 0.29) is 5.41 Å². The summed E-state index contributed by atoms with van der Waals surface area (Å²) >= 11 is 3.41. The van der Waals surface area contributed by atoms with Crippen LogP contribution in [-0.2, 0) is 5.41 Å². The summed E-state index contributed by atoms with van der Waals surface area (Å²) in [4.78, 5) is 4.51. The van der Waals surface area contributed by atoms with Crippen LogP contribution in [0.4, 0.5) is 0 Å². The Kier molecular flexibility index (Phi) is 3.71. The Hall–Kier alpha value is -0.370. The van der Waals surface area contributed by atoms with Crippen molar-refractivity contribution in [1.82, 2.24) is 4.98 Å². The molecule has 0 saturated carbocycles. The first-order valence-corrected chi connectivity index (χ1v) is 5.84. The fraction of sp³-hybridized carbons (Fsp3) is 0.583. The van der Waals surface area contributed by atoms with Crippen molar-refractivity contribution in [2.75, 3.05) is 0 Å².